The minimum absolute atomic E-state index is 0.296. The largest absolute Gasteiger partial charge is 0.378 e. The van der Waals surface area contributed by atoms with Gasteiger partial charge in [0.1, 0.15) is 0 Å². The molecule has 1 fully saturated rings. The molecule has 0 radical (unpaired) electrons. The van der Waals surface area contributed by atoms with E-state index in [0.717, 1.165) is 37.7 Å². The molecule has 5 heteroatoms. The molecule has 1 aromatic carbocycles. The molecule has 3 N–H and O–H groups in total. The van der Waals surface area contributed by atoms with E-state index in [4.69, 9.17) is 22.7 Å². The molecule has 0 amide bonds. The Balaban J connectivity index is 2.27. The van der Waals surface area contributed by atoms with Crippen LogP contribution in [0.15, 0.2) is 18.2 Å². The molecule has 1 aromatic rings. The summed E-state index contributed by atoms with van der Waals surface area (Å²) < 4.78 is 5.35. The van der Waals surface area contributed by atoms with Gasteiger partial charge < -0.3 is 20.7 Å². The Kier molecular flexibility index (Phi) is 3.81. The first-order valence-corrected chi connectivity index (χ1v) is 6.07. The lowest BCUT2D eigenvalue weighted by Crippen LogP contribution is -2.37. The summed E-state index contributed by atoms with van der Waals surface area (Å²) in [7, 11) is 0. The number of rotatable bonds is 2. The van der Waals surface area contributed by atoms with Crippen molar-refractivity contribution in [1.29, 1.82) is 0 Å². The molecule has 1 aliphatic heterocycles. The van der Waals surface area contributed by atoms with Crippen LogP contribution in [-0.2, 0) is 4.74 Å². The van der Waals surface area contributed by atoms with Gasteiger partial charge in [-0.15, -0.1) is 0 Å². The van der Waals surface area contributed by atoms with Crippen LogP contribution in [-0.4, -0.2) is 31.4 Å². The monoisotopic (exact) mass is 251 g/mol. The average Bonchev–Trinajstić information content (AvgIpc) is 2.29. The highest BCUT2D eigenvalue weighted by Gasteiger charge is 2.14. The molecule has 0 spiro atoms. The van der Waals surface area contributed by atoms with Gasteiger partial charge in [-0.25, -0.2) is 0 Å². The number of benzene rings is 1. The molecule has 92 valence electrons. The third-order valence-corrected chi connectivity index (χ3v) is 2.86. The Labute approximate surface area is 107 Å². The van der Waals surface area contributed by atoms with Crippen molar-refractivity contribution in [2.75, 3.05) is 36.5 Å². The fourth-order valence-corrected chi connectivity index (χ4v) is 2.07. The molecule has 0 saturated carbocycles. The summed E-state index contributed by atoms with van der Waals surface area (Å²) in [6.07, 6.45) is 0. The van der Waals surface area contributed by atoms with Crippen LogP contribution in [0.5, 0.6) is 0 Å². The molecule has 1 saturated heterocycles. The van der Waals surface area contributed by atoms with E-state index in [-0.39, 0.29) is 0 Å². The Morgan fingerprint density at radius 1 is 1.41 bits per heavy atom. The molecule has 0 bridgehead atoms. The van der Waals surface area contributed by atoms with Gasteiger partial charge in [0.2, 0.25) is 0 Å². The number of anilines is 2. The average molecular weight is 251 g/mol. The summed E-state index contributed by atoms with van der Waals surface area (Å²) in [6, 6.07) is 6.25. The van der Waals surface area contributed by atoms with Crippen molar-refractivity contribution in [3.8, 4) is 0 Å². The van der Waals surface area contributed by atoms with Crippen LogP contribution < -0.4 is 16.0 Å². The van der Waals surface area contributed by atoms with Crippen LogP contribution >= 0.6 is 12.2 Å². The number of aryl methyl sites for hydroxylation is 1. The first kappa shape index (κ1) is 12.1. The summed E-state index contributed by atoms with van der Waals surface area (Å²) in [5.41, 5.74) is 8.83. The number of hydrogen-bond donors (Lipinski definition) is 2. The van der Waals surface area contributed by atoms with Crippen molar-refractivity contribution in [3.05, 3.63) is 23.8 Å². The minimum Gasteiger partial charge on any atom is -0.378 e. The second-order valence-electron chi connectivity index (χ2n) is 4.11. The zero-order valence-electron chi connectivity index (χ0n) is 9.90. The second kappa shape index (κ2) is 5.33. The lowest BCUT2D eigenvalue weighted by atomic mass is 10.1. The van der Waals surface area contributed by atoms with Crippen LogP contribution in [0, 0.1) is 6.92 Å². The zero-order chi connectivity index (χ0) is 12.3. The highest BCUT2D eigenvalue weighted by atomic mass is 32.1. The number of ether oxygens (including phenoxy) is 1. The second-order valence-corrected chi connectivity index (χ2v) is 4.55. The van der Waals surface area contributed by atoms with E-state index in [0.29, 0.717) is 5.11 Å². The topological polar surface area (TPSA) is 50.5 Å². The maximum absolute atomic E-state index is 5.55. The van der Waals surface area contributed by atoms with Crippen LogP contribution in [0.4, 0.5) is 11.4 Å². The van der Waals surface area contributed by atoms with Crippen molar-refractivity contribution in [2.45, 2.75) is 6.92 Å². The van der Waals surface area contributed by atoms with E-state index in [1.54, 1.807) is 0 Å². The normalized spacial score (nSPS) is 15.7. The predicted octanol–water partition coefficient (Wildman–Crippen LogP) is 1.49. The molecule has 0 atom stereocenters. The molecular weight excluding hydrogens is 234 g/mol. The fourth-order valence-electron chi connectivity index (χ4n) is 1.96. The van der Waals surface area contributed by atoms with E-state index < -0.39 is 0 Å². The van der Waals surface area contributed by atoms with E-state index in [1.807, 2.05) is 6.92 Å². The number of thiocarbonyl (C=S) groups is 1. The third kappa shape index (κ3) is 3.08. The number of hydrogen-bond acceptors (Lipinski definition) is 3. The maximum Gasteiger partial charge on any atom is 0.168 e. The highest BCUT2D eigenvalue weighted by molar-refractivity contribution is 7.80. The third-order valence-electron chi connectivity index (χ3n) is 2.76. The minimum atomic E-state index is 0.296. The summed E-state index contributed by atoms with van der Waals surface area (Å²) in [6.45, 7) is 5.37. The van der Waals surface area contributed by atoms with Crippen molar-refractivity contribution in [2.24, 2.45) is 5.73 Å². The quantitative estimate of drug-likeness (QED) is 0.780. The van der Waals surface area contributed by atoms with Crippen molar-refractivity contribution in [3.63, 3.8) is 0 Å². The molecule has 0 unspecified atom stereocenters. The molecule has 1 heterocycles. The fraction of sp³-hybridized carbons (Fsp3) is 0.417. The maximum atomic E-state index is 5.55. The van der Waals surface area contributed by atoms with Crippen LogP contribution in [0.2, 0.25) is 0 Å². The standard InChI is InChI=1S/C12H17N3OS/c1-9-2-3-11(10(8-9)14-12(13)17)15-4-6-16-7-5-15/h2-3,8H,4-7H2,1H3,(H3,13,14,17). The summed E-state index contributed by atoms with van der Waals surface area (Å²) in [5.74, 6) is 0. The van der Waals surface area contributed by atoms with Gasteiger partial charge in [0, 0.05) is 13.1 Å². The van der Waals surface area contributed by atoms with Gasteiger partial charge in [-0.05, 0) is 36.8 Å². The van der Waals surface area contributed by atoms with Crippen molar-refractivity contribution in [1.82, 2.24) is 0 Å². The molecule has 0 aromatic heterocycles. The van der Waals surface area contributed by atoms with Crippen LogP contribution in [0.1, 0.15) is 5.56 Å². The van der Waals surface area contributed by atoms with Crippen molar-refractivity contribution < 1.29 is 4.74 Å². The van der Waals surface area contributed by atoms with Gasteiger partial charge in [0.25, 0.3) is 0 Å². The Hall–Kier alpha value is -1.33. The zero-order valence-corrected chi connectivity index (χ0v) is 10.7. The van der Waals surface area contributed by atoms with Gasteiger partial charge >= 0.3 is 0 Å². The number of nitrogens with one attached hydrogen (secondary N) is 1. The van der Waals surface area contributed by atoms with Gasteiger partial charge in [-0.3, -0.25) is 0 Å². The van der Waals surface area contributed by atoms with E-state index >= 15 is 0 Å². The number of nitrogens with zero attached hydrogens (tertiary/aromatic N) is 1. The van der Waals surface area contributed by atoms with Gasteiger partial charge in [-0.2, -0.15) is 0 Å². The predicted molar refractivity (Wildman–Crippen MR) is 74.6 cm³/mol. The molecule has 0 aliphatic carbocycles. The molecule has 1 aliphatic rings. The Morgan fingerprint density at radius 3 is 2.76 bits per heavy atom. The highest BCUT2D eigenvalue weighted by Crippen LogP contribution is 2.27. The summed E-state index contributed by atoms with van der Waals surface area (Å²) in [5, 5.41) is 3.33. The number of morpholine rings is 1. The van der Waals surface area contributed by atoms with Crippen molar-refractivity contribution >= 4 is 28.7 Å². The first-order chi connectivity index (χ1) is 8.16. The van der Waals surface area contributed by atoms with E-state index in [1.165, 1.54) is 5.56 Å². The summed E-state index contributed by atoms with van der Waals surface area (Å²) in [4.78, 5) is 2.28. The van der Waals surface area contributed by atoms with E-state index in [2.05, 4.69) is 28.4 Å². The smallest absolute Gasteiger partial charge is 0.168 e. The molecule has 17 heavy (non-hydrogen) atoms. The van der Waals surface area contributed by atoms with Crippen LogP contribution in [0.25, 0.3) is 0 Å². The van der Waals surface area contributed by atoms with Crippen LogP contribution in [0.3, 0.4) is 0 Å². The van der Waals surface area contributed by atoms with Gasteiger partial charge in [0.05, 0.1) is 24.6 Å². The molecule has 4 nitrogen and oxygen atoms in total. The summed E-state index contributed by atoms with van der Waals surface area (Å²) >= 11 is 4.91. The van der Waals surface area contributed by atoms with Gasteiger partial charge in [0.15, 0.2) is 5.11 Å². The lowest BCUT2D eigenvalue weighted by Gasteiger charge is -2.30. The Morgan fingerprint density at radius 2 is 2.12 bits per heavy atom. The Bertz CT molecular complexity index is 416. The molecule has 2 rings (SSSR count). The molecular formula is C12H17N3OS. The SMILES string of the molecule is Cc1ccc(N2CCOCC2)c(NC(N)=S)c1. The van der Waals surface area contributed by atoms with Gasteiger partial charge in [-0.1, -0.05) is 6.07 Å². The first-order valence-electron chi connectivity index (χ1n) is 5.66. The lowest BCUT2D eigenvalue weighted by molar-refractivity contribution is 0.123. The van der Waals surface area contributed by atoms with E-state index in [9.17, 15) is 0 Å². The number of nitrogens with two attached hydrogens (primary N) is 1.